The number of alkyl halides is 3. The average molecular weight is 495 g/mol. The molecule has 0 atom stereocenters. The van der Waals surface area contributed by atoms with Gasteiger partial charge in [0.2, 0.25) is 10.2 Å². The maximum Gasteiger partial charge on any atom is 0.441 e. The highest BCUT2D eigenvalue weighted by Crippen LogP contribution is 2.35. The highest BCUT2D eigenvalue weighted by atomic mass is 35.5. The number of nitrogens with one attached hydrogen (secondary N) is 1. The van der Waals surface area contributed by atoms with Crippen LogP contribution in [0.25, 0.3) is 6.08 Å². The van der Waals surface area contributed by atoms with Gasteiger partial charge in [0.1, 0.15) is 24.7 Å². The topological polar surface area (TPSA) is 87.3 Å². The van der Waals surface area contributed by atoms with Gasteiger partial charge in [0.15, 0.2) is 5.84 Å². The lowest BCUT2D eigenvalue weighted by molar-refractivity contribution is -0.114. The van der Waals surface area contributed by atoms with Crippen LogP contribution < -0.4 is 9.47 Å². The van der Waals surface area contributed by atoms with Crippen LogP contribution in [-0.2, 0) is 4.79 Å². The number of amides is 1. The number of hydrogen-bond acceptors (Lipinski definition) is 6. The second kappa shape index (κ2) is 9.28. The Kier molecular flexibility index (Phi) is 6.43. The number of aliphatic imine (C=N–C) groups is 1. The van der Waals surface area contributed by atoms with E-state index in [-0.39, 0.29) is 35.7 Å². The van der Waals surface area contributed by atoms with E-state index in [4.69, 9.17) is 26.5 Å². The van der Waals surface area contributed by atoms with Crippen molar-refractivity contribution in [2.24, 2.45) is 10.1 Å². The third kappa shape index (κ3) is 5.20. The Morgan fingerprint density at radius 3 is 2.64 bits per heavy atom. The second-order valence-electron chi connectivity index (χ2n) is 6.62. The fourth-order valence-electron chi connectivity index (χ4n) is 2.84. The van der Waals surface area contributed by atoms with Gasteiger partial charge in [-0.1, -0.05) is 35.9 Å². The number of para-hydroxylation sites is 1. The van der Waals surface area contributed by atoms with Gasteiger partial charge in [0.25, 0.3) is 5.91 Å². The second-order valence-corrected chi connectivity index (χ2v) is 7.99. The van der Waals surface area contributed by atoms with Crippen molar-refractivity contribution in [1.29, 1.82) is 5.41 Å². The number of ether oxygens (including phenoxy) is 2. The van der Waals surface area contributed by atoms with E-state index in [0.29, 0.717) is 27.1 Å². The van der Waals surface area contributed by atoms with Crippen molar-refractivity contribution in [2.45, 2.75) is 6.18 Å². The Labute approximate surface area is 195 Å². The number of carbonyl (C=O) groups excluding carboxylic acids is 1. The van der Waals surface area contributed by atoms with Crippen LogP contribution in [0.1, 0.15) is 5.56 Å². The molecule has 1 N–H and O–H groups in total. The Hall–Kier alpha value is -3.31. The number of amidine groups is 2. The lowest BCUT2D eigenvalue weighted by Crippen LogP contribution is -2.35. The molecule has 2 aliphatic heterocycles. The van der Waals surface area contributed by atoms with Crippen molar-refractivity contribution in [3.05, 3.63) is 64.7 Å². The fraction of sp³-hybridized carbons (Fsp3) is 0.143. The lowest BCUT2D eigenvalue weighted by Gasteiger charge is -2.20. The Morgan fingerprint density at radius 1 is 1.12 bits per heavy atom. The summed E-state index contributed by atoms with van der Waals surface area (Å²) in [5, 5.41) is 11.2. The smallest absolute Gasteiger partial charge is 0.441 e. The van der Waals surface area contributed by atoms with Crippen LogP contribution in [0, 0.1) is 5.41 Å². The van der Waals surface area contributed by atoms with Gasteiger partial charge in [-0.2, -0.15) is 28.3 Å². The van der Waals surface area contributed by atoms with E-state index in [0.717, 1.165) is 0 Å². The third-order valence-corrected chi connectivity index (χ3v) is 5.58. The SMILES string of the molecule is N=C1/C(=C/c2cccc(OCCOc3ccccc3Cl)c2)C(=O)N=C2SC(C(F)(F)F)=NN12. The van der Waals surface area contributed by atoms with Crippen molar-refractivity contribution in [2.75, 3.05) is 13.2 Å². The minimum Gasteiger partial charge on any atom is -0.490 e. The normalized spacial score (nSPS) is 17.1. The highest BCUT2D eigenvalue weighted by molar-refractivity contribution is 8.27. The molecule has 7 nitrogen and oxygen atoms in total. The average Bonchev–Trinajstić information content (AvgIpc) is 3.20. The van der Waals surface area contributed by atoms with E-state index in [1.807, 2.05) is 0 Å². The Morgan fingerprint density at radius 2 is 1.88 bits per heavy atom. The Balaban J connectivity index is 1.44. The molecule has 170 valence electrons. The van der Waals surface area contributed by atoms with Crippen LogP contribution in [0.2, 0.25) is 5.02 Å². The number of rotatable bonds is 6. The molecule has 0 aliphatic carbocycles. The van der Waals surface area contributed by atoms with Crippen molar-refractivity contribution < 1.29 is 27.4 Å². The van der Waals surface area contributed by atoms with Crippen molar-refractivity contribution in [1.82, 2.24) is 5.01 Å². The van der Waals surface area contributed by atoms with Crippen LogP contribution >= 0.6 is 23.4 Å². The molecule has 0 bridgehead atoms. The minimum atomic E-state index is -4.70. The lowest BCUT2D eigenvalue weighted by atomic mass is 10.1. The zero-order chi connectivity index (χ0) is 23.6. The summed E-state index contributed by atoms with van der Waals surface area (Å²) in [6.07, 6.45) is -3.34. The first-order valence-corrected chi connectivity index (χ1v) is 10.6. The fourth-order valence-corrected chi connectivity index (χ4v) is 3.79. The van der Waals surface area contributed by atoms with Gasteiger partial charge in [-0.05, 0) is 47.7 Å². The van der Waals surface area contributed by atoms with Crippen LogP contribution in [0.5, 0.6) is 11.5 Å². The molecule has 0 fully saturated rings. The van der Waals surface area contributed by atoms with Gasteiger partial charge in [-0.25, -0.2) is 0 Å². The van der Waals surface area contributed by atoms with Gasteiger partial charge in [0, 0.05) is 0 Å². The summed E-state index contributed by atoms with van der Waals surface area (Å²) in [5.74, 6) is -0.305. The summed E-state index contributed by atoms with van der Waals surface area (Å²) < 4.78 is 50.0. The molecule has 2 heterocycles. The molecule has 4 rings (SSSR count). The van der Waals surface area contributed by atoms with Crippen LogP contribution in [-0.4, -0.2) is 46.4 Å². The van der Waals surface area contributed by atoms with Crippen LogP contribution in [0.15, 0.2) is 64.2 Å². The van der Waals surface area contributed by atoms with E-state index in [1.54, 1.807) is 48.5 Å². The van der Waals surface area contributed by atoms with Crippen LogP contribution in [0.3, 0.4) is 0 Å². The monoisotopic (exact) mass is 494 g/mol. The zero-order valence-electron chi connectivity index (χ0n) is 16.6. The number of benzene rings is 2. The quantitative estimate of drug-likeness (QED) is 0.452. The number of thioether (sulfide) groups is 1. The molecule has 12 heteroatoms. The largest absolute Gasteiger partial charge is 0.490 e. The molecule has 0 saturated heterocycles. The number of carbonyl (C=O) groups is 1. The predicted octanol–water partition coefficient (Wildman–Crippen LogP) is 4.98. The van der Waals surface area contributed by atoms with E-state index in [1.165, 1.54) is 6.08 Å². The minimum absolute atomic E-state index is 0.189. The number of hydrogen-bond donors (Lipinski definition) is 1. The molecule has 0 radical (unpaired) electrons. The first-order valence-electron chi connectivity index (χ1n) is 9.40. The van der Waals surface area contributed by atoms with E-state index in [2.05, 4.69) is 10.1 Å². The Bertz CT molecular complexity index is 1210. The maximum atomic E-state index is 12.9. The molecular formula is C21H14ClF3N4O3S. The van der Waals surface area contributed by atoms with Gasteiger partial charge in [0.05, 0.1) is 10.6 Å². The van der Waals surface area contributed by atoms with Crippen molar-refractivity contribution in [3.8, 4) is 11.5 Å². The number of nitrogens with zero attached hydrogens (tertiary/aromatic N) is 3. The molecule has 1 amide bonds. The van der Waals surface area contributed by atoms with Gasteiger partial charge < -0.3 is 9.47 Å². The number of halogens is 4. The molecule has 0 aromatic heterocycles. The standard InChI is InChI=1S/C21H14ClF3N4O3S/c22-15-6-1-2-7-16(15)32-9-8-31-13-5-3-4-12(10-13)11-14-17(26)29-20(27-18(14)30)33-19(28-29)21(23,24)25/h1-7,10-11,26H,8-9H2/b14-11-,26-17?. The number of hydrazone groups is 1. The summed E-state index contributed by atoms with van der Waals surface area (Å²) in [4.78, 5) is 16.0. The molecular weight excluding hydrogens is 481 g/mol. The van der Waals surface area contributed by atoms with Gasteiger partial charge in [-0.3, -0.25) is 10.2 Å². The van der Waals surface area contributed by atoms with Gasteiger partial charge in [-0.15, -0.1) is 0 Å². The van der Waals surface area contributed by atoms with Gasteiger partial charge >= 0.3 is 6.18 Å². The summed E-state index contributed by atoms with van der Waals surface area (Å²) in [6, 6.07) is 13.7. The zero-order valence-corrected chi connectivity index (χ0v) is 18.2. The predicted molar refractivity (Wildman–Crippen MR) is 120 cm³/mol. The maximum absolute atomic E-state index is 12.9. The van der Waals surface area contributed by atoms with E-state index in [9.17, 15) is 18.0 Å². The molecule has 0 saturated carbocycles. The summed E-state index contributed by atoms with van der Waals surface area (Å²) in [5.41, 5.74) is 0.309. The van der Waals surface area contributed by atoms with Crippen molar-refractivity contribution >= 4 is 51.4 Å². The number of fused-ring (bicyclic) bond motifs is 1. The van der Waals surface area contributed by atoms with E-state index >= 15 is 0 Å². The first-order chi connectivity index (χ1) is 15.7. The summed E-state index contributed by atoms with van der Waals surface area (Å²) in [6.45, 7) is 0.454. The summed E-state index contributed by atoms with van der Waals surface area (Å²) in [7, 11) is 0. The molecule has 33 heavy (non-hydrogen) atoms. The first kappa shape index (κ1) is 22.9. The molecule has 2 aromatic rings. The molecule has 2 aromatic carbocycles. The van der Waals surface area contributed by atoms with E-state index < -0.39 is 23.0 Å². The molecule has 0 unspecified atom stereocenters. The highest BCUT2D eigenvalue weighted by Gasteiger charge is 2.46. The summed E-state index contributed by atoms with van der Waals surface area (Å²) >= 11 is 6.23. The third-order valence-electron chi connectivity index (χ3n) is 4.31. The molecule has 0 spiro atoms. The molecule has 2 aliphatic rings. The van der Waals surface area contributed by atoms with Crippen molar-refractivity contribution in [3.63, 3.8) is 0 Å². The van der Waals surface area contributed by atoms with Crippen LogP contribution in [0.4, 0.5) is 13.2 Å².